The van der Waals surface area contributed by atoms with Gasteiger partial charge in [-0.3, -0.25) is 14.6 Å². The summed E-state index contributed by atoms with van der Waals surface area (Å²) >= 11 is 5.99. The highest BCUT2D eigenvalue weighted by Gasteiger charge is 2.46. The van der Waals surface area contributed by atoms with E-state index in [0.29, 0.717) is 34.4 Å². The molecule has 3 aromatic rings. The second-order valence-electron chi connectivity index (χ2n) is 8.57. The Kier molecular flexibility index (Phi) is 6.98. The van der Waals surface area contributed by atoms with E-state index in [1.165, 1.54) is 4.90 Å². The van der Waals surface area contributed by atoms with Crippen LogP contribution in [0.1, 0.15) is 36.6 Å². The van der Waals surface area contributed by atoms with Crippen LogP contribution in [-0.4, -0.2) is 33.3 Å². The van der Waals surface area contributed by atoms with E-state index in [1.807, 2.05) is 30.3 Å². The molecule has 4 rings (SSSR count). The minimum Gasteiger partial charge on any atom is -0.507 e. The fourth-order valence-corrected chi connectivity index (χ4v) is 4.00. The number of aromatic nitrogens is 1. The fourth-order valence-electron chi connectivity index (χ4n) is 3.88. The fraction of sp³-hybridized carbons (Fsp3) is 0.222. The maximum Gasteiger partial charge on any atom is 0.295 e. The lowest BCUT2D eigenvalue weighted by molar-refractivity contribution is -0.140. The van der Waals surface area contributed by atoms with Gasteiger partial charge < -0.3 is 14.7 Å². The van der Waals surface area contributed by atoms with Crippen molar-refractivity contribution in [1.29, 1.82) is 0 Å². The Balaban J connectivity index is 1.82. The van der Waals surface area contributed by atoms with Gasteiger partial charge in [0.25, 0.3) is 11.7 Å². The molecule has 1 atom stereocenters. The molecule has 2 heterocycles. The molecule has 174 valence electrons. The summed E-state index contributed by atoms with van der Waals surface area (Å²) in [6.45, 7) is 4.80. The van der Waals surface area contributed by atoms with Crippen molar-refractivity contribution in [2.24, 2.45) is 5.92 Å². The third kappa shape index (κ3) is 4.97. The maximum atomic E-state index is 13.2. The Morgan fingerprint density at radius 1 is 1.12 bits per heavy atom. The van der Waals surface area contributed by atoms with Crippen LogP contribution in [0.25, 0.3) is 5.76 Å². The maximum absolute atomic E-state index is 13.2. The first kappa shape index (κ1) is 23.5. The van der Waals surface area contributed by atoms with Gasteiger partial charge in [-0.2, -0.15) is 0 Å². The van der Waals surface area contributed by atoms with Crippen molar-refractivity contribution in [3.63, 3.8) is 0 Å². The molecule has 0 bridgehead atoms. The van der Waals surface area contributed by atoms with Gasteiger partial charge >= 0.3 is 0 Å². The normalized spacial score (nSPS) is 17.4. The number of amides is 1. The first-order chi connectivity index (χ1) is 16.3. The van der Waals surface area contributed by atoms with Crippen molar-refractivity contribution >= 4 is 29.1 Å². The molecule has 1 aliphatic heterocycles. The highest BCUT2D eigenvalue weighted by atomic mass is 35.5. The molecule has 0 radical (unpaired) electrons. The average molecular weight is 477 g/mol. The van der Waals surface area contributed by atoms with E-state index in [4.69, 9.17) is 16.3 Å². The molecule has 1 aliphatic rings. The van der Waals surface area contributed by atoms with E-state index in [9.17, 15) is 14.7 Å². The standard InChI is InChI=1S/C27H25ClN2O4/c1-17(2)16-34-22-7-3-6-20(13-22)24-23(25(31)19-8-10-21(28)11-9-19)26(32)27(33)30(24)15-18-5-4-12-29-14-18/h3-14,17,24,31H,15-16H2,1-2H3/b25-23-. The van der Waals surface area contributed by atoms with Gasteiger partial charge in [0.05, 0.1) is 18.2 Å². The summed E-state index contributed by atoms with van der Waals surface area (Å²) in [7, 11) is 0. The predicted molar refractivity (Wildman–Crippen MR) is 130 cm³/mol. The Morgan fingerprint density at radius 2 is 1.88 bits per heavy atom. The van der Waals surface area contributed by atoms with E-state index >= 15 is 0 Å². The SMILES string of the molecule is CC(C)COc1cccc(C2/C(=C(/O)c3ccc(Cl)cc3)C(=O)C(=O)N2Cc2cccnc2)c1. The predicted octanol–water partition coefficient (Wildman–Crippen LogP) is 5.39. The highest BCUT2D eigenvalue weighted by Crippen LogP contribution is 2.41. The Bertz CT molecular complexity index is 1220. The van der Waals surface area contributed by atoms with Crippen LogP contribution in [0.3, 0.4) is 0 Å². The van der Waals surface area contributed by atoms with Gasteiger partial charge in [0.1, 0.15) is 11.5 Å². The van der Waals surface area contributed by atoms with E-state index < -0.39 is 17.7 Å². The Hall–Kier alpha value is -3.64. The molecule has 0 aliphatic carbocycles. The van der Waals surface area contributed by atoms with E-state index in [-0.39, 0.29) is 17.9 Å². The van der Waals surface area contributed by atoms with Crippen LogP contribution in [0.4, 0.5) is 0 Å². The third-order valence-electron chi connectivity index (χ3n) is 5.49. The Labute approximate surface area is 203 Å². The topological polar surface area (TPSA) is 79.7 Å². The quantitative estimate of drug-likeness (QED) is 0.281. The summed E-state index contributed by atoms with van der Waals surface area (Å²) in [4.78, 5) is 31.9. The monoisotopic (exact) mass is 476 g/mol. The van der Waals surface area contributed by atoms with Crippen LogP contribution in [0, 0.1) is 5.92 Å². The smallest absolute Gasteiger partial charge is 0.295 e. The number of likely N-dealkylation sites (tertiary alicyclic amines) is 1. The van der Waals surface area contributed by atoms with Gasteiger partial charge in [-0.05, 0) is 59.5 Å². The average Bonchev–Trinajstić information content (AvgIpc) is 3.08. The zero-order valence-electron chi connectivity index (χ0n) is 18.9. The summed E-state index contributed by atoms with van der Waals surface area (Å²) < 4.78 is 5.88. The van der Waals surface area contributed by atoms with Crippen molar-refractivity contribution in [2.75, 3.05) is 6.61 Å². The summed E-state index contributed by atoms with van der Waals surface area (Å²) in [5.41, 5.74) is 1.87. The number of aliphatic hydroxyl groups excluding tert-OH is 1. The van der Waals surface area contributed by atoms with Crippen molar-refractivity contribution in [2.45, 2.75) is 26.4 Å². The molecule has 1 amide bonds. The number of nitrogens with zero attached hydrogens (tertiary/aromatic N) is 2. The number of ether oxygens (including phenoxy) is 1. The lowest BCUT2D eigenvalue weighted by atomic mass is 9.95. The number of halogens is 1. The van der Waals surface area contributed by atoms with Crippen molar-refractivity contribution in [3.8, 4) is 5.75 Å². The van der Waals surface area contributed by atoms with Crippen LogP contribution < -0.4 is 4.74 Å². The number of carbonyl (C=O) groups is 2. The molecule has 0 spiro atoms. The summed E-state index contributed by atoms with van der Waals surface area (Å²) in [6, 6.07) is 16.6. The molecule has 0 saturated carbocycles. The van der Waals surface area contributed by atoms with Crippen molar-refractivity contribution in [1.82, 2.24) is 9.88 Å². The molecule has 1 unspecified atom stereocenters. The number of pyridine rings is 1. The zero-order valence-corrected chi connectivity index (χ0v) is 19.7. The first-order valence-corrected chi connectivity index (χ1v) is 11.4. The van der Waals surface area contributed by atoms with Crippen molar-refractivity contribution < 1.29 is 19.4 Å². The van der Waals surface area contributed by atoms with Gasteiger partial charge in [-0.15, -0.1) is 0 Å². The van der Waals surface area contributed by atoms with Gasteiger partial charge in [-0.25, -0.2) is 0 Å². The van der Waals surface area contributed by atoms with Gasteiger partial charge in [0, 0.05) is 29.5 Å². The number of hydrogen-bond acceptors (Lipinski definition) is 5. The highest BCUT2D eigenvalue weighted by molar-refractivity contribution is 6.46. The number of hydrogen-bond donors (Lipinski definition) is 1. The number of rotatable bonds is 7. The van der Waals surface area contributed by atoms with Crippen molar-refractivity contribution in [3.05, 3.63) is 100 Å². The van der Waals surface area contributed by atoms with Crippen LogP contribution in [0.5, 0.6) is 5.75 Å². The number of aliphatic hydroxyl groups is 1. The molecule has 1 aromatic heterocycles. The molecule has 2 aromatic carbocycles. The number of benzene rings is 2. The van der Waals surface area contributed by atoms with Crippen LogP contribution in [0.15, 0.2) is 78.6 Å². The second kappa shape index (κ2) is 10.1. The minimum atomic E-state index is -0.793. The van der Waals surface area contributed by atoms with Gasteiger partial charge in [0.15, 0.2) is 0 Å². The largest absolute Gasteiger partial charge is 0.507 e. The molecule has 1 saturated heterocycles. The number of Topliss-reactive ketones (excluding diaryl/α,β-unsaturated/α-hetero) is 1. The first-order valence-electron chi connectivity index (χ1n) is 11.0. The molecular formula is C27H25ClN2O4. The van der Waals surface area contributed by atoms with Gasteiger partial charge in [0.2, 0.25) is 0 Å². The third-order valence-corrected chi connectivity index (χ3v) is 5.74. The summed E-state index contributed by atoms with van der Waals surface area (Å²) in [5.74, 6) is -0.704. The van der Waals surface area contributed by atoms with Crippen LogP contribution >= 0.6 is 11.6 Å². The lowest BCUT2D eigenvalue weighted by Gasteiger charge is -2.25. The number of carbonyl (C=O) groups excluding carboxylic acids is 2. The molecule has 6 nitrogen and oxygen atoms in total. The molecule has 1 fully saturated rings. The molecule has 34 heavy (non-hydrogen) atoms. The minimum absolute atomic E-state index is 0.0252. The molecule has 7 heteroatoms. The van der Waals surface area contributed by atoms with Crippen LogP contribution in [-0.2, 0) is 16.1 Å². The lowest BCUT2D eigenvalue weighted by Crippen LogP contribution is -2.29. The van der Waals surface area contributed by atoms with Gasteiger partial charge in [-0.1, -0.05) is 43.6 Å². The summed E-state index contributed by atoms with van der Waals surface area (Å²) in [6.07, 6.45) is 3.29. The summed E-state index contributed by atoms with van der Waals surface area (Å²) in [5, 5.41) is 11.7. The van der Waals surface area contributed by atoms with E-state index in [0.717, 1.165) is 5.56 Å². The zero-order chi connectivity index (χ0) is 24.2. The van der Waals surface area contributed by atoms with Crippen LogP contribution in [0.2, 0.25) is 5.02 Å². The van der Waals surface area contributed by atoms with E-state index in [2.05, 4.69) is 18.8 Å². The molecule has 1 N–H and O–H groups in total. The molecular weight excluding hydrogens is 452 g/mol. The second-order valence-corrected chi connectivity index (χ2v) is 9.01. The Morgan fingerprint density at radius 3 is 2.56 bits per heavy atom. The number of ketones is 1. The van der Waals surface area contributed by atoms with E-state index in [1.54, 1.807) is 42.7 Å².